The number of para-hydroxylation sites is 1. The van der Waals surface area contributed by atoms with Crippen LogP contribution in [0.25, 0.3) is 0 Å². The van der Waals surface area contributed by atoms with Gasteiger partial charge in [-0.3, -0.25) is 9.59 Å². The average molecular weight is 401 g/mol. The largest absolute Gasteiger partial charge is 0.347 e. The molecular weight excluding hydrogens is 370 g/mol. The monoisotopic (exact) mass is 400 g/mol. The Morgan fingerprint density at radius 1 is 0.929 bits per heavy atom. The van der Waals surface area contributed by atoms with Crippen LogP contribution in [-0.4, -0.2) is 37.5 Å². The van der Waals surface area contributed by atoms with Crippen LogP contribution in [0.3, 0.4) is 0 Å². The first kappa shape index (κ1) is 22.0. The Bertz CT molecular complexity index is 788. The number of likely N-dealkylation sites (N-methyl/N-ethyl adjacent to an activating group) is 1. The number of nitrogens with one attached hydrogen (secondary N) is 3. The van der Waals surface area contributed by atoms with Crippen LogP contribution in [0.15, 0.2) is 59.5 Å². The molecule has 2 amide bonds. The van der Waals surface area contributed by atoms with Gasteiger partial charge < -0.3 is 15.5 Å². The topological polar surface area (TPSA) is 62.6 Å². The normalized spacial score (nSPS) is 12.3. The lowest BCUT2D eigenvalue weighted by Crippen LogP contribution is -3.11. The second-order valence-corrected chi connectivity index (χ2v) is 8.94. The first-order valence-corrected chi connectivity index (χ1v) is 10.4. The van der Waals surface area contributed by atoms with E-state index in [0.29, 0.717) is 0 Å². The molecule has 0 saturated heterocycles. The molecule has 0 spiro atoms. The van der Waals surface area contributed by atoms with E-state index in [2.05, 4.69) is 22.8 Å². The van der Waals surface area contributed by atoms with Gasteiger partial charge in [-0.15, -0.1) is 11.8 Å². The van der Waals surface area contributed by atoms with E-state index in [0.717, 1.165) is 21.2 Å². The van der Waals surface area contributed by atoms with Crippen LogP contribution in [0.1, 0.15) is 26.3 Å². The number of thioether (sulfide) groups is 1. The van der Waals surface area contributed by atoms with Gasteiger partial charge in [0.1, 0.15) is 0 Å². The summed E-state index contributed by atoms with van der Waals surface area (Å²) in [4.78, 5) is 26.3. The van der Waals surface area contributed by atoms with Crippen molar-refractivity contribution in [1.82, 2.24) is 5.32 Å². The van der Waals surface area contributed by atoms with E-state index in [1.807, 2.05) is 70.3 Å². The molecule has 0 aliphatic carbocycles. The summed E-state index contributed by atoms with van der Waals surface area (Å²) in [6, 6.07) is 18.0. The van der Waals surface area contributed by atoms with Gasteiger partial charge in [0.2, 0.25) is 0 Å². The third-order valence-electron chi connectivity index (χ3n) is 3.84. The van der Waals surface area contributed by atoms with Crippen LogP contribution < -0.4 is 15.5 Å². The lowest BCUT2D eigenvalue weighted by Gasteiger charge is -2.21. The van der Waals surface area contributed by atoms with E-state index in [1.54, 1.807) is 11.8 Å². The summed E-state index contributed by atoms with van der Waals surface area (Å²) in [7, 11) is 1.85. The average Bonchev–Trinajstić information content (AvgIpc) is 2.59. The van der Waals surface area contributed by atoms with Gasteiger partial charge in [-0.2, -0.15) is 0 Å². The molecule has 0 fully saturated rings. The minimum Gasteiger partial charge on any atom is -0.347 e. The number of hydrogen-bond donors (Lipinski definition) is 3. The van der Waals surface area contributed by atoms with E-state index in [-0.39, 0.29) is 30.4 Å². The number of hydrogen-bond acceptors (Lipinski definition) is 3. The van der Waals surface area contributed by atoms with E-state index < -0.39 is 0 Å². The Morgan fingerprint density at radius 3 is 2.21 bits per heavy atom. The molecule has 150 valence electrons. The molecule has 2 rings (SSSR count). The molecule has 0 aromatic heterocycles. The molecule has 0 saturated carbocycles. The molecule has 0 radical (unpaired) electrons. The number of rotatable bonds is 8. The Hall–Kier alpha value is -2.31. The number of amides is 2. The zero-order valence-electron chi connectivity index (χ0n) is 17.0. The molecule has 3 N–H and O–H groups in total. The molecule has 2 aromatic rings. The third kappa shape index (κ3) is 8.15. The maximum Gasteiger partial charge on any atom is 0.279 e. The SMILES string of the molecule is C[NH+](CC(=O)Nc1ccccc1SCc1ccccc1)CC(=O)NC(C)(C)C. The molecule has 0 aliphatic rings. The Labute approximate surface area is 171 Å². The number of anilines is 1. The van der Waals surface area contributed by atoms with Crippen LogP contribution in [0.5, 0.6) is 0 Å². The van der Waals surface area contributed by atoms with Crippen molar-refractivity contribution in [1.29, 1.82) is 0 Å². The van der Waals surface area contributed by atoms with Crippen LogP contribution in [0.2, 0.25) is 0 Å². The molecule has 5 nitrogen and oxygen atoms in total. The molecule has 0 heterocycles. The van der Waals surface area contributed by atoms with Crippen molar-refractivity contribution in [2.75, 3.05) is 25.5 Å². The highest BCUT2D eigenvalue weighted by Crippen LogP contribution is 2.29. The highest BCUT2D eigenvalue weighted by Gasteiger charge is 2.19. The summed E-state index contributed by atoms with van der Waals surface area (Å²) in [6.07, 6.45) is 0. The lowest BCUT2D eigenvalue weighted by atomic mass is 10.1. The fraction of sp³-hybridized carbons (Fsp3) is 0.364. The number of carbonyl (C=O) groups is 2. The van der Waals surface area contributed by atoms with Gasteiger partial charge >= 0.3 is 0 Å². The molecule has 0 bridgehead atoms. The van der Waals surface area contributed by atoms with E-state index in [4.69, 9.17) is 0 Å². The highest BCUT2D eigenvalue weighted by atomic mass is 32.2. The smallest absolute Gasteiger partial charge is 0.279 e. The van der Waals surface area contributed by atoms with Crippen molar-refractivity contribution in [3.05, 3.63) is 60.2 Å². The lowest BCUT2D eigenvalue weighted by molar-refractivity contribution is -0.862. The number of benzene rings is 2. The minimum atomic E-state index is -0.269. The van der Waals surface area contributed by atoms with Gasteiger partial charge in [0.25, 0.3) is 11.8 Å². The second-order valence-electron chi connectivity index (χ2n) is 7.93. The van der Waals surface area contributed by atoms with E-state index in [9.17, 15) is 9.59 Å². The second kappa shape index (κ2) is 10.3. The van der Waals surface area contributed by atoms with E-state index >= 15 is 0 Å². The molecule has 0 aliphatic heterocycles. The summed E-state index contributed by atoms with van der Waals surface area (Å²) in [5.74, 6) is 0.678. The molecule has 2 aromatic carbocycles. The summed E-state index contributed by atoms with van der Waals surface area (Å²) in [6.45, 7) is 6.31. The minimum absolute atomic E-state index is 0.0587. The summed E-state index contributed by atoms with van der Waals surface area (Å²) in [5, 5.41) is 5.91. The zero-order valence-corrected chi connectivity index (χ0v) is 17.9. The maximum absolute atomic E-state index is 12.4. The van der Waals surface area contributed by atoms with Crippen molar-refractivity contribution in [2.45, 2.75) is 37.0 Å². The molecule has 1 unspecified atom stereocenters. The predicted molar refractivity (Wildman–Crippen MR) is 116 cm³/mol. The van der Waals surface area contributed by atoms with Gasteiger partial charge in [0.05, 0.1) is 12.7 Å². The van der Waals surface area contributed by atoms with Crippen molar-refractivity contribution in [2.24, 2.45) is 0 Å². The van der Waals surface area contributed by atoms with Crippen molar-refractivity contribution >= 4 is 29.3 Å². The zero-order chi connectivity index (χ0) is 20.6. The van der Waals surface area contributed by atoms with E-state index in [1.165, 1.54) is 5.56 Å². The summed E-state index contributed by atoms with van der Waals surface area (Å²) < 4.78 is 0. The number of carbonyl (C=O) groups excluding carboxylic acids is 2. The van der Waals surface area contributed by atoms with Crippen molar-refractivity contribution in [3.8, 4) is 0 Å². The number of quaternary nitrogens is 1. The standard InChI is InChI=1S/C22H29N3O2S/c1-22(2,3)24-21(27)15-25(4)14-20(26)23-18-12-8-9-13-19(18)28-16-17-10-6-5-7-11-17/h5-13H,14-16H2,1-4H3,(H,23,26)(H,24,27)/p+1. The van der Waals surface area contributed by atoms with Crippen LogP contribution >= 0.6 is 11.8 Å². The first-order chi connectivity index (χ1) is 13.2. The quantitative estimate of drug-likeness (QED) is 0.596. The fourth-order valence-corrected chi connectivity index (χ4v) is 3.66. The van der Waals surface area contributed by atoms with Crippen LogP contribution in [0.4, 0.5) is 5.69 Å². The first-order valence-electron chi connectivity index (χ1n) is 9.41. The maximum atomic E-state index is 12.4. The van der Waals surface area contributed by atoms with Crippen LogP contribution in [0, 0.1) is 0 Å². The van der Waals surface area contributed by atoms with Gasteiger partial charge in [0, 0.05) is 16.2 Å². The van der Waals surface area contributed by atoms with Gasteiger partial charge in [0.15, 0.2) is 13.1 Å². The Kier molecular flexibility index (Phi) is 8.08. The van der Waals surface area contributed by atoms with Gasteiger partial charge in [-0.25, -0.2) is 0 Å². The Morgan fingerprint density at radius 2 is 1.54 bits per heavy atom. The molecule has 28 heavy (non-hydrogen) atoms. The van der Waals surface area contributed by atoms with Gasteiger partial charge in [-0.05, 0) is 38.5 Å². The highest BCUT2D eigenvalue weighted by molar-refractivity contribution is 7.98. The third-order valence-corrected chi connectivity index (χ3v) is 4.98. The van der Waals surface area contributed by atoms with Crippen molar-refractivity contribution in [3.63, 3.8) is 0 Å². The summed E-state index contributed by atoms with van der Waals surface area (Å²) >= 11 is 1.69. The van der Waals surface area contributed by atoms with Crippen molar-refractivity contribution < 1.29 is 14.5 Å². The predicted octanol–water partition coefficient (Wildman–Crippen LogP) is 2.35. The van der Waals surface area contributed by atoms with Gasteiger partial charge in [-0.1, -0.05) is 42.5 Å². The molecule has 1 atom stereocenters. The molecular formula is C22H30N3O2S+. The Balaban J connectivity index is 1.88. The van der Waals surface area contributed by atoms with Crippen LogP contribution in [-0.2, 0) is 15.3 Å². The summed E-state index contributed by atoms with van der Waals surface area (Å²) in [5.41, 5.74) is 1.78. The fourth-order valence-electron chi connectivity index (χ4n) is 2.70. The molecule has 6 heteroatoms.